The first-order valence-corrected chi connectivity index (χ1v) is 6.06. The molecule has 0 aliphatic rings. The highest BCUT2D eigenvalue weighted by Gasteiger charge is 2.22. The van der Waals surface area contributed by atoms with Crippen molar-refractivity contribution in [1.29, 1.82) is 0 Å². The summed E-state index contributed by atoms with van der Waals surface area (Å²) in [7, 11) is 1.30. The number of halogens is 1. The van der Waals surface area contributed by atoms with Gasteiger partial charge in [0.25, 0.3) is 0 Å². The standard InChI is InChI=1S/C15H15FN2O2/c1-20-15(19)14(10-6-3-2-4-7-10)18-12-9-5-8-11(16)13(12)17/h2-9,14,18H,17H2,1H3. The third-order valence-electron chi connectivity index (χ3n) is 2.92. The van der Waals surface area contributed by atoms with Crippen molar-refractivity contribution in [2.75, 3.05) is 18.2 Å². The molecular formula is C15H15FN2O2. The second-order valence-electron chi connectivity index (χ2n) is 4.21. The Bertz CT molecular complexity index is 602. The van der Waals surface area contributed by atoms with Crippen LogP contribution in [-0.4, -0.2) is 13.1 Å². The van der Waals surface area contributed by atoms with Gasteiger partial charge in [0.15, 0.2) is 6.04 Å². The Morgan fingerprint density at radius 2 is 1.90 bits per heavy atom. The van der Waals surface area contributed by atoms with Crippen LogP contribution in [0.5, 0.6) is 0 Å². The topological polar surface area (TPSA) is 64.3 Å². The third-order valence-corrected chi connectivity index (χ3v) is 2.92. The first-order valence-electron chi connectivity index (χ1n) is 6.06. The number of ether oxygens (including phenoxy) is 1. The number of nitrogen functional groups attached to an aromatic ring is 1. The molecule has 1 atom stereocenters. The van der Waals surface area contributed by atoms with Crippen molar-refractivity contribution in [2.45, 2.75) is 6.04 Å². The summed E-state index contributed by atoms with van der Waals surface area (Å²) in [6.45, 7) is 0. The van der Waals surface area contributed by atoms with Crippen molar-refractivity contribution in [3.63, 3.8) is 0 Å². The molecule has 2 rings (SSSR count). The van der Waals surface area contributed by atoms with Gasteiger partial charge in [-0.05, 0) is 17.7 Å². The lowest BCUT2D eigenvalue weighted by Gasteiger charge is -2.19. The van der Waals surface area contributed by atoms with Crippen LogP contribution in [-0.2, 0) is 9.53 Å². The molecule has 0 fully saturated rings. The van der Waals surface area contributed by atoms with Crippen molar-refractivity contribution in [3.8, 4) is 0 Å². The van der Waals surface area contributed by atoms with Crippen LogP contribution in [0.3, 0.4) is 0 Å². The molecule has 0 saturated carbocycles. The van der Waals surface area contributed by atoms with Gasteiger partial charge in [0.1, 0.15) is 5.82 Å². The van der Waals surface area contributed by atoms with Crippen molar-refractivity contribution >= 4 is 17.3 Å². The molecule has 3 N–H and O–H groups in total. The van der Waals surface area contributed by atoms with Crippen LogP contribution in [0.2, 0.25) is 0 Å². The second-order valence-corrected chi connectivity index (χ2v) is 4.21. The monoisotopic (exact) mass is 274 g/mol. The number of para-hydroxylation sites is 1. The number of esters is 1. The van der Waals surface area contributed by atoms with Gasteiger partial charge < -0.3 is 15.8 Å². The Morgan fingerprint density at radius 1 is 1.20 bits per heavy atom. The van der Waals surface area contributed by atoms with E-state index in [9.17, 15) is 9.18 Å². The number of benzene rings is 2. The Morgan fingerprint density at radius 3 is 2.55 bits per heavy atom. The predicted molar refractivity (Wildman–Crippen MR) is 75.6 cm³/mol. The summed E-state index contributed by atoms with van der Waals surface area (Å²) >= 11 is 0. The minimum absolute atomic E-state index is 0.0302. The van der Waals surface area contributed by atoms with Crippen LogP contribution in [0.15, 0.2) is 48.5 Å². The van der Waals surface area contributed by atoms with Gasteiger partial charge in [0.2, 0.25) is 0 Å². The Labute approximate surface area is 116 Å². The largest absolute Gasteiger partial charge is 0.467 e. The molecular weight excluding hydrogens is 259 g/mol. The fourth-order valence-corrected chi connectivity index (χ4v) is 1.86. The Kier molecular flexibility index (Phi) is 4.20. The van der Waals surface area contributed by atoms with E-state index in [-0.39, 0.29) is 5.69 Å². The highest BCUT2D eigenvalue weighted by molar-refractivity contribution is 5.82. The number of rotatable bonds is 4. The Hall–Kier alpha value is -2.56. The lowest BCUT2D eigenvalue weighted by Crippen LogP contribution is -2.22. The van der Waals surface area contributed by atoms with Gasteiger partial charge in [0.05, 0.1) is 18.5 Å². The normalized spacial score (nSPS) is 11.7. The molecule has 4 nitrogen and oxygen atoms in total. The number of hydrogen-bond acceptors (Lipinski definition) is 4. The summed E-state index contributed by atoms with van der Waals surface area (Å²) in [6.07, 6.45) is 0. The molecule has 0 aromatic heterocycles. The van der Waals surface area contributed by atoms with Gasteiger partial charge in [-0.15, -0.1) is 0 Å². The lowest BCUT2D eigenvalue weighted by atomic mass is 10.1. The van der Waals surface area contributed by atoms with Gasteiger partial charge >= 0.3 is 5.97 Å². The molecule has 5 heteroatoms. The van der Waals surface area contributed by atoms with Crippen LogP contribution in [0, 0.1) is 5.82 Å². The SMILES string of the molecule is COC(=O)C(Nc1cccc(F)c1N)c1ccccc1. The summed E-state index contributed by atoms with van der Waals surface area (Å²) in [5.41, 5.74) is 6.69. The molecule has 0 spiro atoms. The highest BCUT2D eigenvalue weighted by Crippen LogP contribution is 2.26. The maximum atomic E-state index is 13.4. The number of hydrogen-bond donors (Lipinski definition) is 2. The van der Waals surface area contributed by atoms with Gasteiger partial charge in [-0.1, -0.05) is 36.4 Å². The van der Waals surface area contributed by atoms with Crippen molar-refractivity contribution in [2.24, 2.45) is 0 Å². The molecule has 0 radical (unpaired) electrons. The zero-order valence-electron chi connectivity index (χ0n) is 11.0. The average Bonchev–Trinajstić information content (AvgIpc) is 2.49. The second kappa shape index (κ2) is 6.06. The minimum atomic E-state index is -0.745. The van der Waals surface area contributed by atoms with Crippen LogP contribution < -0.4 is 11.1 Å². The molecule has 0 saturated heterocycles. The fourth-order valence-electron chi connectivity index (χ4n) is 1.86. The van der Waals surface area contributed by atoms with E-state index in [1.807, 2.05) is 18.2 Å². The van der Waals surface area contributed by atoms with Gasteiger partial charge in [-0.3, -0.25) is 0 Å². The van der Waals surface area contributed by atoms with Crippen LogP contribution in [0.25, 0.3) is 0 Å². The molecule has 0 aliphatic carbocycles. The number of methoxy groups -OCH3 is 1. The van der Waals surface area contributed by atoms with E-state index in [0.29, 0.717) is 11.3 Å². The molecule has 1 unspecified atom stereocenters. The molecule has 0 heterocycles. The quantitative estimate of drug-likeness (QED) is 0.664. The van der Waals surface area contributed by atoms with E-state index in [0.717, 1.165) is 0 Å². The summed E-state index contributed by atoms with van der Waals surface area (Å²) in [6, 6.07) is 12.7. The van der Waals surface area contributed by atoms with Gasteiger partial charge in [-0.2, -0.15) is 0 Å². The number of anilines is 2. The van der Waals surface area contributed by atoms with E-state index in [1.54, 1.807) is 18.2 Å². The summed E-state index contributed by atoms with van der Waals surface area (Å²) < 4.78 is 18.2. The molecule has 104 valence electrons. The lowest BCUT2D eigenvalue weighted by molar-refractivity contribution is -0.141. The van der Waals surface area contributed by atoms with E-state index in [4.69, 9.17) is 10.5 Å². The first kappa shape index (κ1) is 13.9. The van der Waals surface area contributed by atoms with Crippen molar-refractivity contribution < 1.29 is 13.9 Å². The molecule has 0 bridgehead atoms. The van der Waals surface area contributed by atoms with Crippen molar-refractivity contribution in [1.82, 2.24) is 0 Å². The highest BCUT2D eigenvalue weighted by atomic mass is 19.1. The molecule has 2 aromatic carbocycles. The van der Waals surface area contributed by atoms with Crippen LogP contribution >= 0.6 is 0 Å². The maximum absolute atomic E-state index is 13.4. The molecule has 0 amide bonds. The molecule has 20 heavy (non-hydrogen) atoms. The Balaban J connectivity index is 2.34. The zero-order valence-corrected chi connectivity index (χ0v) is 11.0. The predicted octanol–water partition coefficient (Wildman–Crippen LogP) is 2.73. The van der Waals surface area contributed by atoms with Gasteiger partial charge in [-0.25, -0.2) is 9.18 Å². The van der Waals surface area contributed by atoms with Crippen molar-refractivity contribution in [3.05, 3.63) is 59.9 Å². The zero-order chi connectivity index (χ0) is 14.5. The van der Waals surface area contributed by atoms with E-state index >= 15 is 0 Å². The number of nitrogens with two attached hydrogens (primary N) is 1. The summed E-state index contributed by atoms with van der Waals surface area (Å²) in [4.78, 5) is 11.9. The number of carbonyl (C=O) groups is 1. The number of nitrogens with one attached hydrogen (secondary N) is 1. The first-order chi connectivity index (χ1) is 9.63. The van der Waals surface area contributed by atoms with E-state index in [2.05, 4.69) is 5.32 Å². The van der Waals surface area contributed by atoms with Crippen LogP contribution in [0.1, 0.15) is 11.6 Å². The van der Waals surface area contributed by atoms with E-state index < -0.39 is 17.8 Å². The van der Waals surface area contributed by atoms with E-state index in [1.165, 1.54) is 19.2 Å². The van der Waals surface area contributed by atoms with Crippen LogP contribution in [0.4, 0.5) is 15.8 Å². The van der Waals surface area contributed by atoms with Gasteiger partial charge in [0, 0.05) is 0 Å². The fraction of sp³-hybridized carbons (Fsp3) is 0.133. The molecule has 2 aromatic rings. The molecule has 0 aliphatic heterocycles. The minimum Gasteiger partial charge on any atom is -0.467 e. The maximum Gasteiger partial charge on any atom is 0.332 e. The smallest absolute Gasteiger partial charge is 0.332 e. The number of carbonyl (C=O) groups excluding carboxylic acids is 1. The third kappa shape index (κ3) is 2.88. The summed E-state index contributed by atoms with van der Waals surface area (Å²) in [5, 5.41) is 2.92. The average molecular weight is 274 g/mol. The summed E-state index contributed by atoms with van der Waals surface area (Å²) in [5.74, 6) is -1.01.